The van der Waals surface area contributed by atoms with Crippen molar-refractivity contribution >= 4 is 27.3 Å². The zero-order valence-electron chi connectivity index (χ0n) is 14.3. The number of nitrogens with zero attached hydrogens (tertiary/aromatic N) is 4. The molecular weight excluding hydrogens is 336 g/mol. The molecule has 0 spiro atoms. The van der Waals surface area contributed by atoms with Crippen LogP contribution < -0.4 is 11.2 Å². The fraction of sp³-hybridized carbons (Fsp3) is 0.278. The van der Waals surface area contributed by atoms with Gasteiger partial charge in [0.1, 0.15) is 4.70 Å². The van der Waals surface area contributed by atoms with Crippen molar-refractivity contribution in [2.75, 3.05) is 0 Å². The molecule has 0 atom stereocenters. The third kappa shape index (κ3) is 2.42. The van der Waals surface area contributed by atoms with Crippen LogP contribution in [0, 0.1) is 0 Å². The van der Waals surface area contributed by atoms with Gasteiger partial charge in [-0.3, -0.25) is 9.36 Å². The molecule has 4 aromatic rings. The standard InChI is InChI=1S/C18H18N4O2S/c1-11(2)13-6-4-12(5-7-13)10-21-16(23)15-14(8-9-25-15)22-17(21)19-20(3)18(22)24/h4-9,11H,10H2,1-3H3. The Kier molecular flexibility index (Phi) is 3.61. The number of fused-ring (bicyclic) bond motifs is 3. The number of hydrogen-bond acceptors (Lipinski definition) is 4. The van der Waals surface area contributed by atoms with Crippen LogP contribution in [0.25, 0.3) is 16.0 Å². The number of benzene rings is 1. The van der Waals surface area contributed by atoms with Crippen molar-refractivity contribution in [3.05, 3.63) is 67.7 Å². The molecule has 0 aliphatic carbocycles. The predicted molar refractivity (Wildman–Crippen MR) is 99.7 cm³/mol. The summed E-state index contributed by atoms with van der Waals surface area (Å²) < 4.78 is 4.92. The quantitative estimate of drug-likeness (QED) is 0.568. The van der Waals surface area contributed by atoms with Gasteiger partial charge in [0, 0.05) is 7.05 Å². The van der Waals surface area contributed by atoms with E-state index >= 15 is 0 Å². The number of hydrogen-bond donors (Lipinski definition) is 0. The second-order valence-electron chi connectivity index (χ2n) is 6.46. The van der Waals surface area contributed by atoms with Gasteiger partial charge in [-0.15, -0.1) is 16.4 Å². The van der Waals surface area contributed by atoms with Crippen molar-refractivity contribution < 1.29 is 0 Å². The lowest BCUT2D eigenvalue weighted by Gasteiger charge is -2.10. The van der Waals surface area contributed by atoms with E-state index in [9.17, 15) is 9.59 Å². The number of thiophene rings is 1. The zero-order chi connectivity index (χ0) is 17.7. The first-order chi connectivity index (χ1) is 12.0. The molecular formula is C18H18N4O2S. The minimum atomic E-state index is -0.248. The smallest absolute Gasteiger partial charge is 0.271 e. The van der Waals surface area contributed by atoms with Gasteiger partial charge < -0.3 is 0 Å². The lowest BCUT2D eigenvalue weighted by molar-refractivity contribution is 0.720. The molecule has 1 aromatic carbocycles. The molecule has 4 rings (SSSR count). The Morgan fingerprint density at radius 2 is 1.84 bits per heavy atom. The van der Waals surface area contributed by atoms with Crippen molar-refractivity contribution in [1.29, 1.82) is 0 Å². The molecule has 3 heterocycles. The van der Waals surface area contributed by atoms with E-state index in [0.717, 1.165) is 5.56 Å². The molecule has 0 aliphatic heterocycles. The van der Waals surface area contributed by atoms with Crippen LogP contribution >= 0.6 is 11.3 Å². The summed E-state index contributed by atoms with van der Waals surface area (Å²) in [5.74, 6) is 0.830. The Hall–Kier alpha value is -2.67. The molecule has 25 heavy (non-hydrogen) atoms. The van der Waals surface area contributed by atoms with Crippen LogP contribution in [0.2, 0.25) is 0 Å². The second-order valence-corrected chi connectivity index (χ2v) is 7.38. The van der Waals surface area contributed by atoms with E-state index in [1.807, 2.05) is 17.5 Å². The van der Waals surface area contributed by atoms with Crippen LogP contribution in [0.3, 0.4) is 0 Å². The molecule has 0 bridgehead atoms. The van der Waals surface area contributed by atoms with Gasteiger partial charge >= 0.3 is 5.69 Å². The molecule has 6 nitrogen and oxygen atoms in total. The largest absolute Gasteiger partial charge is 0.351 e. The van der Waals surface area contributed by atoms with Crippen LogP contribution in [0.4, 0.5) is 0 Å². The second kappa shape index (κ2) is 5.70. The van der Waals surface area contributed by atoms with E-state index < -0.39 is 0 Å². The van der Waals surface area contributed by atoms with Gasteiger partial charge in [-0.1, -0.05) is 38.1 Å². The van der Waals surface area contributed by atoms with Gasteiger partial charge in [0.05, 0.1) is 12.1 Å². The van der Waals surface area contributed by atoms with Crippen LogP contribution in [0.5, 0.6) is 0 Å². The molecule has 0 saturated carbocycles. The highest BCUT2D eigenvalue weighted by Gasteiger charge is 2.17. The molecule has 128 valence electrons. The molecule has 0 fully saturated rings. The summed E-state index contributed by atoms with van der Waals surface area (Å²) in [7, 11) is 1.60. The molecule has 0 amide bonds. The molecule has 0 radical (unpaired) electrons. The first-order valence-electron chi connectivity index (χ1n) is 8.12. The summed E-state index contributed by atoms with van der Waals surface area (Å²) in [5.41, 5.74) is 2.51. The van der Waals surface area contributed by atoms with Crippen molar-refractivity contribution in [3.63, 3.8) is 0 Å². The maximum Gasteiger partial charge on any atom is 0.351 e. The lowest BCUT2D eigenvalue weighted by atomic mass is 10.0. The summed E-state index contributed by atoms with van der Waals surface area (Å²) in [6, 6.07) is 10.0. The van der Waals surface area contributed by atoms with E-state index in [-0.39, 0.29) is 11.2 Å². The van der Waals surface area contributed by atoms with Crippen LogP contribution in [0.1, 0.15) is 30.9 Å². The number of aromatic nitrogens is 4. The maximum absolute atomic E-state index is 12.9. The highest BCUT2D eigenvalue weighted by molar-refractivity contribution is 7.17. The average molecular weight is 354 g/mol. The number of rotatable bonds is 3. The Balaban J connectivity index is 1.94. The van der Waals surface area contributed by atoms with Crippen LogP contribution in [-0.4, -0.2) is 18.7 Å². The third-order valence-corrected chi connectivity index (χ3v) is 5.35. The van der Waals surface area contributed by atoms with E-state index in [0.29, 0.717) is 28.5 Å². The van der Waals surface area contributed by atoms with E-state index in [2.05, 4.69) is 31.1 Å². The summed E-state index contributed by atoms with van der Waals surface area (Å²) in [5, 5.41) is 6.11. The van der Waals surface area contributed by atoms with Gasteiger partial charge in [0.25, 0.3) is 5.56 Å². The first kappa shape index (κ1) is 15.8. The minimum absolute atomic E-state index is 0.115. The monoisotopic (exact) mass is 354 g/mol. The third-order valence-electron chi connectivity index (χ3n) is 4.46. The fourth-order valence-electron chi connectivity index (χ4n) is 3.02. The van der Waals surface area contributed by atoms with Gasteiger partial charge in [0.2, 0.25) is 5.78 Å². The lowest BCUT2D eigenvalue weighted by Crippen LogP contribution is -2.25. The van der Waals surface area contributed by atoms with Crippen molar-refractivity contribution in [1.82, 2.24) is 18.7 Å². The van der Waals surface area contributed by atoms with Crippen molar-refractivity contribution in [3.8, 4) is 0 Å². The summed E-state index contributed by atoms with van der Waals surface area (Å²) in [6.45, 7) is 4.67. The molecule has 0 unspecified atom stereocenters. The molecule has 0 aliphatic rings. The highest BCUT2D eigenvalue weighted by Crippen LogP contribution is 2.19. The van der Waals surface area contributed by atoms with Crippen molar-refractivity contribution in [2.45, 2.75) is 26.3 Å². The molecule has 0 N–H and O–H groups in total. The maximum atomic E-state index is 12.9. The van der Waals surface area contributed by atoms with Crippen LogP contribution in [-0.2, 0) is 13.6 Å². The van der Waals surface area contributed by atoms with Gasteiger partial charge in [-0.25, -0.2) is 13.9 Å². The Morgan fingerprint density at radius 3 is 2.52 bits per heavy atom. The predicted octanol–water partition coefficient (Wildman–Crippen LogP) is 2.58. The van der Waals surface area contributed by atoms with Gasteiger partial charge in [0.15, 0.2) is 0 Å². The van der Waals surface area contributed by atoms with Crippen molar-refractivity contribution in [2.24, 2.45) is 7.05 Å². The summed E-state index contributed by atoms with van der Waals surface area (Å²) in [6.07, 6.45) is 0. The summed E-state index contributed by atoms with van der Waals surface area (Å²) >= 11 is 1.35. The SMILES string of the molecule is CC(C)c1ccc(Cn2c(=O)c3sccc3n3c(=O)n(C)nc23)cc1. The van der Waals surface area contributed by atoms with Crippen LogP contribution in [0.15, 0.2) is 45.3 Å². The summed E-state index contributed by atoms with van der Waals surface area (Å²) in [4.78, 5) is 25.3. The fourth-order valence-corrected chi connectivity index (χ4v) is 3.85. The molecule has 7 heteroatoms. The van der Waals surface area contributed by atoms with E-state index in [1.54, 1.807) is 17.7 Å². The minimum Gasteiger partial charge on any atom is -0.271 e. The zero-order valence-corrected chi connectivity index (χ0v) is 15.1. The normalized spacial score (nSPS) is 11.8. The first-order valence-corrected chi connectivity index (χ1v) is 9.00. The van der Waals surface area contributed by atoms with Gasteiger partial charge in [-0.05, 0) is 28.5 Å². The Bertz CT molecular complexity index is 1190. The topological polar surface area (TPSA) is 61.3 Å². The molecule has 0 saturated heterocycles. The van der Waals surface area contributed by atoms with E-state index in [1.165, 1.54) is 26.0 Å². The average Bonchev–Trinajstić information content (AvgIpc) is 3.17. The Morgan fingerprint density at radius 1 is 1.12 bits per heavy atom. The van der Waals surface area contributed by atoms with E-state index in [4.69, 9.17) is 0 Å². The number of aryl methyl sites for hydroxylation is 1. The van der Waals surface area contributed by atoms with Gasteiger partial charge in [-0.2, -0.15) is 0 Å². The highest BCUT2D eigenvalue weighted by atomic mass is 32.1. The Labute approximate surface area is 147 Å². The molecule has 3 aromatic heterocycles.